The van der Waals surface area contributed by atoms with Crippen molar-refractivity contribution in [1.29, 1.82) is 0 Å². The van der Waals surface area contributed by atoms with E-state index in [1.807, 2.05) is 26.8 Å². The van der Waals surface area contributed by atoms with Crippen molar-refractivity contribution in [3.05, 3.63) is 23.8 Å². The fourth-order valence-electron chi connectivity index (χ4n) is 2.89. The Hall–Kier alpha value is -0.890. The van der Waals surface area contributed by atoms with Crippen LogP contribution in [0.3, 0.4) is 0 Å². The zero-order valence-electron chi connectivity index (χ0n) is 12.5. The first-order chi connectivity index (χ1) is 8.58. The lowest BCUT2D eigenvalue weighted by Crippen LogP contribution is -2.48. The highest BCUT2D eigenvalue weighted by Crippen LogP contribution is 2.49. The number of likely N-dealkylation sites (tertiary alicyclic amines) is 1. The number of hydrogen-bond donors (Lipinski definition) is 0. The molecule has 0 bridgehead atoms. The largest absolute Gasteiger partial charge is 0.298 e. The van der Waals surface area contributed by atoms with Crippen LogP contribution in [-0.4, -0.2) is 29.8 Å². The van der Waals surface area contributed by atoms with Crippen molar-refractivity contribution in [2.24, 2.45) is 5.41 Å². The van der Waals surface area contributed by atoms with Gasteiger partial charge in [-0.15, -0.1) is 0 Å². The van der Waals surface area contributed by atoms with Crippen molar-refractivity contribution in [3.8, 4) is 0 Å². The summed E-state index contributed by atoms with van der Waals surface area (Å²) >= 11 is 0. The minimum absolute atomic E-state index is 0.0130. The minimum atomic E-state index is -0.0130. The van der Waals surface area contributed by atoms with Crippen LogP contribution in [0.5, 0.6) is 0 Å². The molecule has 0 amide bonds. The van der Waals surface area contributed by atoms with Gasteiger partial charge in [0.1, 0.15) is 0 Å². The Morgan fingerprint density at radius 1 is 1.50 bits per heavy atom. The van der Waals surface area contributed by atoms with E-state index in [9.17, 15) is 4.79 Å². The normalized spacial score (nSPS) is 31.9. The minimum Gasteiger partial charge on any atom is -0.298 e. The fourth-order valence-corrected chi connectivity index (χ4v) is 2.89. The second kappa shape index (κ2) is 6.33. The van der Waals surface area contributed by atoms with Gasteiger partial charge in [0.25, 0.3) is 0 Å². The van der Waals surface area contributed by atoms with Gasteiger partial charge in [0.15, 0.2) is 5.78 Å². The van der Waals surface area contributed by atoms with Crippen LogP contribution >= 0.6 is 0 Å². The summed E-state index contributed by atoms with van der Waals surface area (Å²) in [6, 6.07) is 0.508. The highest BCUT2D eigenvalue weighted by Gasteiger charge is 2.56. The third-order valence-corrected chi connectivity index (χ3v) is 4.12. The van der Waals surface area contributed by atoms with E-state index in [0.717, 1.165) is 13.0 Å². The van der Waals surface area contributed by atoms with Gasteiger partial charge < -0.3 is 0 Å². The van der Waals surface area contributed by atoms with Crippen molar-refractivity contribution in [2.45, 2.75) is 53.5 Å². The fraction of sp³-hybridized carbons (Fsp3) is 0.688. The standard InChI is InChI=1S/C14H21NO.C2H6/c1-4-5-6-11(2)9-15-10-13(16)14(3)8-7-12(14)15;1-2/h4-6,12H,7-10H2,1-3H3;1-2H3/b5-4-,11-6+;. The van der Waals surface area contributed by atoms with Crippen molar-refractivity contribution in [2.75, 3.05) is 13.1 Å². The lowest BCUT2D eigenvalue weighted by molar-refractivity contribution is -0.127. The molecule has 102 valence electrons. The van der Waals surface area contributed by atoms with Crippen LogP contribution in [0, 0.1) is 5.41 Å². The monoisotopic (exact) mass is 249 g/mol. The molecule has 1 saturated heterocycles. The molecule has 2 fully saturated rings. The predicted octanol–water partition coefficient (Wildman–Crippen LogP) is 3.59. The molecule has 0 aromatic heterocycles. The summed E-state index contributed by atoms with van der Waals surface area (Å²) in [6.07, 6.45) is 8.52. The molecule has 2 unspecified atom stereocenters. The number of fused-ring (bicyclic) bond motifs is 1. The summed E-state index contributed by atoms with van der Waals surface area (Å²) in [6.45, 7) is 11.9. The van der Waals surface area contributed by atoms with Crippen molar-refractivity contribution in [1.82, 2.24) is 4.90 Å². The number of carbonyl (C=O) groups is 1. The molecule has 1 heterocycles. The van der Waals surface area contributed by atoms with Gasteiger partial charge in [-0.3, -0.25) is 9.69 Å². The molecule has 18 heavy (non-hydrogen) atoms. The van der Waals surface area contributed by atoms with Gasteiger partial charge >= 0.3 is 0 Å². The van der Waals surface area contributed by atoms with Gasteiger partial charge in [0.2, 0.25) is 0 Å². The van der Waals surface area contributed by atoms with Gasteiger partial charge in [-0.25, -0.2) is 0 Å². The average molecular weight is 249 g/mol. The van der Waals surface area contributed by atoms with Gasteiger partial charge in [-0.05, 0) is 26.7 Å². The number of Topliss-reactive ketones (excluding diaryl/α,β-unsaturated/α-hetero) is 1. The first kappa shape index (κ1) is 15.2. The number of rotatable bonds is 3. The van der Waals surface area contributed by atoms with E-state index in [4.69, 9.17) is 0 Å². The van der Waals surface area contributed by atoms with Crippen LogP contribution in [0.2, 0.25) is 0 Å². The van der Waals surface area contributed by atoms with Gasteiger partial charge in [0.05, 0.1) is 6.54 Å². The van der Waals surface area contributed by atoms with Gasteiger partial charge in [-0.2, -0.15) is 0 Å². The van der Waals surface area contributed by atoms with Crippen LogP contribution in [0.15, 0.2) is 23.8 Å². The Labute approximate surface area is 112 Å². The zero-order valence-corrected chi connectivity index (χ0v) is 12.5. The lowest BCUT2D eigenvalue weighted by atomic mass is 9.65. The van der Waals surface area contributed by atoms with Crippen molar-refractivity contribution in [3.63, 3.8) is 0 Å². The summed E-state index contributed by atoms with van der Waals surface area (Å²) in [7, 11) is 0. The van der Waals surface area contributed by atoms with Crippen LogP contribution in [0.4, 0.5) is 0 Å². The quantitative estimate of drug-likeness (QED) is 0.712. The molecule has 2 atom stereocenters. The number of allylic oxidation sites excluding steroid dienone is 3. The molecule has 2 nitrogen and oxygen atoms in total. The van der Waals surface area contributed by atoms with E-state index in [2.05, 4.69) is 30.9 Å². The Morgan fingerprint density at radius 2 is 2.17 bits per heavy atom. The van der Waals surface area contributed by atoms with E-state index >= 15 is 0 Å². The highest BCUT2D eigenvalue weighted by molar-refractivity contribution is 5.90. The second-order valence-corrected chi connectivity index (χ2v) is 5.34. The summed E-state index contributed by atoms with van der Waals surface area (Å²) in [5, 5.41) is 0. The zero-order chi connectivity index (χ0) is 13.8. The summed E-state index contributed by atoms with van der Waals surface area (Å²) in [5.41, 5.74) is 1.32. The first-order valence-corrected chi connectivity index (χ1v) is 7.14. The SMILES string of the molecule is C/C=C\C=C(/C)CN1CC(=O)C2(C)CCC12.CC. The molecule has 0 spiro atoms. The van der Waals surface area contributed by atoms with E-state index in [-0.39, 0.29) is 5.41 Å². The molecule has 1 aliphatic carbocycles. The van der Waals surface area contributed by atoms with Crippen molar-refractivity contribution < 1.29 is 4.79 Å². The number of nitrogens with zero attached hydrogens (tertiary/aromatic N) is 1. The van der Waals surface area contributed by atoms with Crippen LogP contribution in [0.25, 0.3) is 0 Å². The summed E-state index contributed by atoms with van der Waals surface area (Å²) in [5.74, 6) is 0.447. The Morgan fingerprint density at radius 3 is 2.61 bits per heavy atom. The molecule has 0 aromatic rings. The third-order valence-electron chi connectivity index (χ3n) is 4.12. The topological polar surface area (TPSA) is 20.3 Å². The molecule has 2 heteroatoms. The molecular weight excluding hydrogens is 222 g/mol. The predicted molar refractivity (Wildman–Crippen MR) is 77.6 cm³/mol. The number of hydrogen-bond acceptors (Lipinski definition) is 2. The molecular formula is C16H27NO. The van der Waals surface area contributed by atoms with E-state index in [1.165, 1.54) is 12.0 Å². The Bertz CT molecular complexity index is 356. The summed E-state index contributed by atoms with van der Waals surface area (Å²) < 4.78 is 0. The number of carbonyl (C=O) groups excluding carboxylic acids is 1. The molecule has 1 aliphatic heterocycles. The van der Waals surface area contributed by atoms with E-state index < -0.39 is 0 Å². The maximum Gasteiger partial charge on any atom is 0.154 e. The number of ketones is 1. The highest BCUT2D eigenvalue weighted by atomic mass is 16.1. The molecule has 1 saturated carbocycles. The Kier molecular flexibility index (Phi) is 5.33. The maximum atomic E-state index is 11.9. The maximum absolute atomic E-state index is 11.9. The molecule has 0 radical (unpaired) electrons. The van der Waals surface area contributed by atoms with Gasteiger partial charge in [-0.1, -0.05) is 44.6 Å². The van der Waals surface area contributed by atoms with E-state index in [1.54, 1.807) is 0 Å². The Balaban J connectivity index is 0.000000771. The summed E-state index contributed by atoms with van der Waals surface area (Å²) in [4.78, 5) is 14.2. The van der Waals surface area contributed by atoms with Gasteiger partial charge in [0, 0.05) is 18.0 Å². The lowest BCUT2D eigenvalue weighted by Gasteiger charge is -2.43. The molecule has 2 aliphatic rings. The van der Waals surface area contributed by atoms with Crippen LogP contribution in [-0.2, 0) is 4.79 Å². The molecule has 0 aromatic carbocycles. The van der Waals surface area contributed by atoms with Crippen molar-refractivity contribution >= 4 is 5.78 Å². The molecule has 0 N–H and O–H groups in total. The van der Waals surface area contributed by atoms with Crippen LogP contribution in [0.1, 0.15) is 47.5 Å². The molecule has 2 rings (SSSR count). The smallest absolute Gasteiger partial charge is 0.154 e. The van der Waals surface area contributed by atoms with Crippen LogP contribution < -0.4 is 0 Å². The third kappa shape index (κ3) is 2.74. The van der Waals surface area contributed by atoms with E-state index in [0.29, 0.717) is 18.4 Å². The first-order valence-electron chi connectivity index (χ1n) is 7.14. The average Bonchev–Trinajstić information content (AvgIpc) is 2.50. The second-order valence-electron chi connectivity index (χ2n) is 5.34.